The minimum atomic E-state index is -0.284. The lowest BCUT2D eigenvalue weighted by molar-refractivity contribution is 0.216. The van der Waals surface area contributed by atoms with Gasteiger partial charge in [-0.25, -0.2) is 4.98 Å². The van der Waals surface area contributed by atoms with E-state index in [1.807, 2.05) is 38.2 Å². The minimum Gasteiger partial charge on any atom is -0.369 e. The van der Waals surface area contributed by atoms with Gasteiger partial charge >= 0.3 is 0 Å². The van der Waals surface area contributed by atoms with Gasteiger partial charge in [-0.15, -0.1) is 0 Å². The van der Waals surface area contributed by atoms with Crippen LogP contribution < -0.4 is 4.90 Å². The Morgan fingerprint density at radius 1 is 0.929 bits per heavy atom. The van der Waals surface area contributed by atoms with Crippen LogP contribution in [0.4, 0.5) is 5.69 Å². The predicted molar refractivity (Wildman–Crippen MR) is 112 cm³/mol. The number of nitrogens with zero attached hydrogens (tertiary/aromatic N) is 5. The van der Waals surface area contributed by atoms with Crippen LogP contribution in [-0.4, -0.2) is 40.6 Å². The Kier molecular flexibility index (Phi) is 5.14. The molecular weight excluding hydrogens is 346 g/mol. The first-order valence-electron chi connectivity index (χ1n) is 9.71. The summed E-state index contributed by atoms with van der Waals surface area (Å²) >= 11 is 0. The van der Waals surface area contributed by atoms with E-state index in [1.54, 1.807) is 0 Å². The highest BCUT2D eigenvalue weighted by molar-refractivity contribution is 5.57. The topological polar surface area (TPSA) is 48.1 Å². The molecule has 28 heavy (non-hydrogen) atoms. The van der Waals surface area contributed by atoms with Crippen molar-refractivity contribution in [3.63, 3.8) is 0 Å². The highest BCUT2D eigenvalue weighted by atomic mass is 15.3. The van der Waals surface area contributed by atoms with E-state index >= 15 is 0 Å². The first kappa shape index (κ1) is 18.3. The van der Waals surface area contributed by atoms with Crippen molar-refractivity contribution in [2.75, 3.05) is 31.1 Å². The van der Waals surface area contributed by atoms with E-state index in [0.29, 0.717) is 0 Å². The maximum atomic E-state index is 10.00. The van der Waals surface area contributed by atoms with Crippen molar-refractivity contribution in [1.29, 1.82) is 5.26 Å². The third-order valence-electron chi connectivity index (χ3n) is 5.54. The van der Waals surface area contributed by atoms with Gasteiger partial charge in [-0.05, 0) is 19.1 Å². The van der Waals surface area contributed by atoms with Crippen LogP contribution in [0.2, 0.25) is 0 Å². The molecule has 0 radical (unpaired) electrons. The molecule has 1 atom stereocenters. The Labute approximate surface area is 166 Å². The number of nitriles is 1. The molecule has 0 aliphatic carbocycles. The van der Waals surface area contributed by atoms with E-state index in [-0.39, 0.29) is 6.04 Å². The Bertz CT molecular complexity index is 963. The lowest BCUT2D eigenvalue weighted by Crippen LogP contribution is -2.47. The molecule has 2 heterocycles. The quantitative estimate of drug-likeness (QED) is 0.700. The number of aromatic nitrogens is 2. The molecule has 5 nitrogen and oxygen atoms in total. The summed E-state index contributed by atoms with van der Waals surface area (Å²) in [5, 5.41) is 10.00. The fourth-order valence-corrected chi connectivity index (χ4v) is 4.07. The van der Waals surface area contributed by atoms with E-state index in [9.17, 15) is 5.26 Å². The van der Waals surface area contributed by atoms with E-state index in [2.05, 4.69) is 56.8 Å². The van der Waals surface area contributed by atoms with Crippen molar-refractivity contribution in [3.8, 4) is 17.5 Å². The number of para-hydroxylation sites is 1. The van der Waals surface area contributed by atoms with E-state index in [4.69, 9.17) is 4.98 Å². The van der Waals surface area contributed by atoms with Crippen molar-refractivity contribution in [1.82, 2.24) is 14.5 Å². The highest BCUT2D eigenvalue weighted by Crippen LogP contribution is 2.29. The van der Waals surface area contributed by atoms with Gasteiger partial charge in [0.25, 0.3) is 0 Å². The average Bonchev–Trinajstić information content (AvgIpc) is 3.05. The molecule has 4 rings (SSSR count). The van der Waals surface area contributed by atoms with E-state index in [0.717, 1.165) is 49.0 Å². The summed E-state index contributed by atoms with van der Waals surface area (Å²) in [6, 6.07) is 22.9. The zero-order chi connectivity index (χ0) is 19.5. The van der Waals surface area contributed by atoms with E-state index < -0.39 is 0 Å². The molecule has 5 heteroatoms. The summed E-state index contributed by atoms with van der Waals surface area (Å²) in [4.78, 5) is 9.44. The van der Waals surface area contributed by atoms with Crippen LogP contribution in [-0.2, 0) is 7.05 Å². The summed E-state index contributed by atoms with van der Waals surface area (Å²) in [5.41, 5.74) is 4.25. The summed E-state index contributed by atoms with van der Waals surface area (Å²) in [5.74, 6) is 0.913. The maximum absolute atomic E-state index is 10.00. The summed E-state index contributed by atoms with van der Waals surface area (Å²) < 4.78 is 2.09. The van der Waals surface area contributed by atoms with Crippen molar-refractivity contribution < 1.29 is 0 Å². The molecule has 142 valence electrons. The molecule has 1 aliphatic rings. The van der Waals surface area contributed by atoms with Crippen LogP contribution in [0.1, 0.15) is 17.4 Å². The molecule has 0 amide bonds. The summed E-state index contributed by atoms with van der Waals surface area (Å²) in [7, 11) is 2.02. The van der Waals surface area contributed by atoms with Gasteiger partial charge in [0.05, 0.1) is 17.5 Å². The molecule has 0 saturated carbocycles. The van der Waals surface area contributed by atoms with Crippen LogP contribution in [0, 0.1) is 18.3 Å². The Balaban J connectivity index is 1.56. The fraction of sp³-hybridized carbons (Fsp3) is 0.304. The number of piperazine rings is 1. The molecule has 3 aromatic rings. The van der Waals surface area contributed by atoms with Gasteiger partial charge in [0.15, 0.2) is 0 Å². The second-order valence-corrected chi connectivity index (χ2v) is 7.22. The van der Waals surface area contributed by atoms with Gasteiger partial charge in [0, 0.05) is 44.5 Å². The molecular formula is C23H25N5. The fourth-order valence-electron chi connectivity index (χ4n) is 4.07. The summed E-state index contributed by atoms with van der Waals surface area (Å²) in [6.45, 7) is 5.57. The zero-order valence-electron chi connectivity index (χ0n) is 16.4. The number of hydrogen-bond donors (Lipinski definition) is 0. The van der Waals surface area contributed by atoms with Gasteiger partial charge in [-0.3, -0.25) is 4.90 Å². The number of rotatable bonds is 4. The van der Waals surface area contributed by atoms with Crippen LogP contribution in [0.15, 0.2) is 60.7 Å². The van der Waals surface area contributed by atoms with E-state index in [1.165, 1.54) is 5.69 Å². The largest absolute Gasteiger partial charge is 0.369 e. The average molecular weight is 371 g/mol. The predicted octanol–water partition coefficient (Wildman–Crippen LogP) is 3.78. The van der Waals surface area contributed by atoms with Crippen LogP contribution in [0.25, 0.3) is 11.4 Å². The minimum absolute atomic E-state index is 0.284. The lowest BCUT2D eigenvalue weighted by Gasteiger charge is -2.38. The molecule has 1 aromatic heterocycles. The monoisotopic (exact) mass is 371 g/mol. The number of aryl methyl sites for hydroxylation is 1. The Morgan fingerprint density at radius 3 is 2.14 bits per heavy atom. The second kappa shape index (κ2) is 7.87. The molecule has 1 unspecified atom stereocenters. The van der Waals surface area contributed by atoms with Crippen molar-refractivity contribution in [2.24, 2.45) is 7.05 Å². The van der Waals surface area contributed by atoms with Crippen LogP contribution >= 0.6 is 0 Å². The van der Waals surface area contributed by atoms with Gasteiger partial charge in [0.2, 0.25) is 0 Å². The summed E-state index contributed by atoms with van der Waals surface area (Å²) in [6.07, 6.45) is 0. The molecule has 0 bridgehead atoms. The van der Waals surface area contributed by atoms with Crippen molar-refractivity contribution in [3.05, 3.63) is 72.1 Å². The van der Waals surface area contributed by atoms with Crippen molar-refractivity contribution >= 4 is 5.69 Å². The first-order chi connectivity index (χ1) is 13.7. The third kappa shape index (κ3) is 3.39. The number of hydrogen-bond acceptors (Lipinski definition) is 4. The van der Waals surface area contributed by atoms with Gasteiger partial charge in [0.1, 0.15) is 11.9 Å². The Morgan fingerprint density at radius 2 is 1.54 bits per heavy atom. The number of imidazole rings is 1. The second-order valence-electron chi connectivity index (χ2n) is 7.22. The van der Waals surface area contributed by atoms with Gasteiger partial charge in [-0.2, -0.15) is 5.26 Å². The SMILES string of the molecule is Cc1nc(-c2ccccc2)n(C)c1C(C#N)N1CCN(c2ccccc2)CC1. The maximum Gasteiger partial charge on any atom is 0.140 e. The number of anilines is 1. The van der Waals surface area contributed by atoms with Crippen molar-refractivity contribution in [2.45, 2.75) is 13.0 Å². The molecule has 0 spiro atoms. The molecule has 1 fully saturated rings. The Hall–Kier alpha value is -3.10. The zero-order valence-corrected chi connectivity index (χ0v) is 16.4. The number of benzene rings is 2. The third-order valence-corrected chi connectivity index (χ3v) is 5.54. The van der Waals surface area contributed by atoms with Crippen LogP contribution in [0.3, 0.4) is 0 Å². The highest BCUT2D eigenvalue weighted by Gasteiger charge is 2.29. The first-order valence-corrected chi connectivity index (χ1v) is 9.71. The standard InChI is InChI=1S/C23H25N5/c1-18-22(26(2)23(25-18)19-9-5-3-6-10-19)21(17-24)28-15-13-27(14-16-28)20-11-7-4-8-12-20/h3-12,21H,13-16H2,1-2H3. The molecule has 0 N–H and O–H groups in total. The molecule has 1 aliphatic heterocycles. The molecule has 1 saturated heterocycles. The smallest absolute Gasteiger partial charge is 0.140 e. The normalized spacial score (nSPS) is 16.0. The lowest BCUT2D eigenvalue weighted by atomic mass is 10.1. The van der Waals surface area contributed by atoms with Gasteiger partial charge in [-0.1, -0.05) is 48.5 Å². The van der Waals surface area contributed by atoms with Gasteiger partial charge < -0.3 is 9.47 Å². The molecule has 2 aromatic carbocycles. The van der Waals surface area contributed by atoms with Crippen LogP contribution in [0.5, 0.6) is 0 Å².